The second-order valence-electron chi connectivity index (χ2n) is 8.65. The number of furan rings is 1. The molecule has 1 amide bonds. The normalized spacial score (nSPS) is 22.5. The van der Waals surface area contributed by atoms with Crippen molar-refractivity contribution in [3.63, 3.8) is 0 Å². The standard InChI is InChI=1S/C23H25N3O2/c24-16-22(7-8-22)21(27)26-11-9-23(10-12-26)17-25(15-19-5-3-13-28-19)14-18-4-1-2-6-20(18)23/h1-6,13H,7-12,14-15,17H2. The van der Waals surface area contributed by atoms with Gasteiger partial charge in [0.2, 0.25) is 5.91 Å². The maximum absolute atomic E-state index is 12.8. The zero-order chi connectivity index (χ0) is 19.2. The summed E-state index contributed by atoms with van der Waals surface area (Å²) in [6, 6.07) is 15.0. The van der Waals surface area contributed by atoms with Gasteiger partial charge < -0.3 is 9.32 Å². The number of hydrogen-bond acceptors (Lipinski definition) is 4. The third kappa shape index (κ3) is 2.84. The summed E-state index contributed by atoms with van der Waals surface area (Å²) < 4.78 is 5.58. The molecule has 2 aromatic rings. The van der Waals surface area contributed by atoms with Crippen molar-refractivity contribution >= 4 is 5.91 Å². The summed E-state index contributed by atoms with van der Waals surface area (Å²) in [6.07, 6.45) is 5.08. The molecule has 0 unspecified atom stereocenters. The van der Waals surface area contributed by atoms with Crippen LogP contribution in [0, 0.1) is 16.7 Å². The fraction of sp³-hybridized carbons (Fsp3) is 0.478. The number of amides is 1. The van der Waals surface area contributed by atoms with E-state index in [4.69, 9.17) is 4.42 Å². The number of fused-ring (bicyclic) bond motifs is 2. The second kappa shape index (κ2) is 6.49. The van der Waals surface area contributed by atoms with Crippen molar-refractivity contribution in [2.24, 2.45) is 5.41 Å². The summed E-state index contributed by atoms with van der Waals surface area (Å²) in [5.74, 6) is 1.05. The summed E-state index contributed by atoms with van der Waals surface area (Å²) in [7, 11) is 0. The van der Waals surface area contributed by atoms with E-state index in [0.717, 1.165) is 64.2 Å². The Balaban J connectivity index is 1.37. The van der Waals surface area contributed by atoms with Gasteiger partial charge in [-0.05, 0) is 48.9 Å². The molecule has 2 fully saturated rings. The van der Waals surface area contributed by atoms with E-state index in [1.165, 1.54) is 11.1 Å². The Morgan fingerprint density at radius 1 is 1.11 bits per heavy atom. The van der Waals surface area contributed by atoms with E-state index < -0.39 is 5.41 Å². The number of carbonyl (C=O) groups is 1. The molecule has 1 saturated heterocycles. The Morgan fingerprint density at radius 2 is 1.89 bits per heavy atom. The Bertz CT molecular complexity index is 916. The number of nitriles is 1. The average molecular weight is 375 g/mol. The molecule has 3 aliphatic rings. The first kappa shape index (κ1) is 17.5. The minimum absolute atomic E-state index is 0.0568. The van der Waals surface area contributed by atoms with Gasteiger partial charge in [-0.15, -0.1) is 0 Å². The number of nitrogens with zero attached hydrogens (tertiary/aromatic N) is 3. The molecule has 0 atom stereocenters. The van der Waals surface area contributed by atoms with E-state index >= 15 is 0 Å². The molecule has 5 nitrogen and oxygen atoms in total. The Hall–Kier alpha value is -2.58. The van der Waals surface area contributed by atoms with Gasteiger partial charge in [0.15, 0.2) is 0 Å². The van der Waals surface area contributed by atoms with Crippen molar-refractivity contribution in [2.75, 3.05) is 19.6 Å². The highest BCUT2D eigenvalue weighted by Gasteiger charge is 2.54. The van der Waals surface area contributed by atoms with Gasteiger partial charge in [-0.25, -0.2) is 0 Å². The molecule has 1 aromatic carbocycles. The van der Waals surface area contributed by atoms with Crippen LogP contribution >= 0.6 is 0 Å². The molecule has 1 saturated carbocycles. The molecule has 5 heteroatoms. The van der Waals surface area contributed by atoms with Crippen molar-refractivity contribution in [1.29, 1.82) is 5.26 Å². The third-order valence-corrected chi connectivity index (χ3v) is 6.85. The highest BCUT2D eigenvalue weighted by atomic mass is 16.3. The first-order valence-electron chi connectivity index (χ1n) is 10.2. The molecular weight excluding hydrogens is 350 g/mol. The fourth-order valence-electron chi connectivity index (χ4n) is 5.09. The molecule has 0 radical (unpaired) electrons. The highest BCUT2D eigenvalue weighted by Crippen LogP contribution is 2.48. The first-order valence-corrected chi connectivity index (χ1v) is 10.2. The van der Waals surface area contributed by atoms with Crippen molar-refractivity contribution in [2.45, 2.75) is 44.2 Å². The smallest absolute Gasteiger partial charge is 0.243 e. The molecule has 5 rings (SSSR count). The highest BCUT2D eigenvalue weighted by molar-refractivity contribution is 5.88. The van der Waals surface area contributed by atoms with Gasteiger partial charge in [0, 0.05) is 31.6 Å². The lowest BCUT2D eigenvalue weighted by molar-refractivity contribution is -0.136. The summed E-state index contributed by atoms with van der Waals surface area (Å²) in [5.41, 5.74) is 2.19. The lowest BCUT2D eigenvalue weighted by atomic mass is 9.68. The third-order valence-electron chi connectivity index (χ3n) is 6.85. The number of benzene rings is 1. The fourth-order valence-corrected chi connectivity index (χ4v) is 5.09. The lowest BCUT2D eigenvalue weighted by Crippen LogP contribution is -2.53. The Kier molecular flexibility index (Phi) is 4.06. The molecule has 1 aliphatic carbocycles. The van der Waals surface area contributed by atoms with Crippen LogP contribution in [-0.4, -0.2) is 35.3 Å². The van der Waals surface area contributed by atoms with Gasteiger partial charge in [-0.1, -0.05) is 24.3 Å². The van der Waals surface area contributed by atoms with Gasteiger partial charge in [0.25, 0.3) is 0 Å². The minimum atomic E-state index is -0.708. The first-order chi connectivity index (χ1) is 13.6. The summed E-state index contributed by atoms with van der Waals surface area (Å²) in [4.78, 5) is 17.2. The minimum Gasteiger partial charge on any atom is -0.468 e. The summed E-state index contributed by atoms with van der Waals surface area (Å²) in [6.45, 7) is 4.20. The molecule has 28 heavy (non-hydrogen) atoms. The van der Waals surface area contributed by atoms with Crippen LogP contribution in [0.25, 0.3) is 0 Å². The van der Waals surface area contributed by atoms with Gasteiger partial charge in [0.05, 0.1) is 18.9 Å². The van der Waals surface area contributed by atoms with Crippen LogP contribution in [-0.2, 0) is 23.3 Å². The molecule has 0 N–H and O–H groups in total. The van der Waals surface area contributed by atoms with Crippen molar-refractivity contribution in [1.82, 2.24) is 9.80 Å². The maximum Gasteiger partial charge on any atom is 0.243 e. The van der Waals surface area contributed by atoms with Crippen LogP contribution in [0.4, 0.5) is 0 Å². The van der Waals surface area contributed by atoms with Crippen LogP contribution in [0.1, 0.15) is 42.6 Å². The van der Waals surface area contributed by atoms with Crippen molar-refractivity contribution < 1.29 is 9.21 Å². The van der Waals surface area contributed by atoms with E-state index in [2.05, 4.69) is 35.2 Å². The van der Waals surface area contributed by atoms with E-state index in [1.807, 2.05) is 17.0 Å². The molecule has 144 valence electrons. The second-order valence-corrected chi connectivity index (χ2v) is 8.65. The van der Waals surface area contributed by atoms with Crippen LogP contribution < -0.4 is 0 Å². The number of carbonyl (C=O) groups excluding carboxylic acids is 1. The molecule has 1 aromatic heterocycles. The SMILES string of the molecule is N#CC1(C(=O)N2CCC3(CC2)CN(Cc2ccco2)Cc2ccccc23)CC1. The van der Waals surface area contributed by atoms with Gasteiger partial charge in [-0.3, -0.25) is 9.69 Å². The van der Waals surface area contributed by atoms with Crippen LogP contribution in [0.5, 0.6) is 0 Å². The average Bonchev–Trinajstić information content (AvgIpc) is 3.37. The molecule has 0 bridgehead atoms. The van der Waals surface area contributed by atoms with Gasteiger partial charge >= 0.3 is 0 Å². The Morgan fingerprint density at radius 3 is 2.57 bits per heavy atom. The number of likely N-dealkylation sites (tertiary alicyclic amines) is 1. The quantitative estimate of drug-likeness (QED) is 0.824. The summed E-state index contributed by atoms with van der Waals surface area (Å²) in [5, 5.41) is 9.37. The van der Waals surface area contributed by atoms with Gasteiger partial charge in [0.1, 0.15) is 11.2 Å². The maximum atomic E-state index is 12.8. The van der Waals surface area contributed by atoms with Crippen LogP contribution in [0.15, 0.2) is 47.1 Å². The van der Waals surface area contributed by atoms with Crippen LogP contribution in [0.2, 0.25) is 0 Å². The topological polar surface area (TPSA) is 60.5 Å². The zero-order valence-corrected chi connectivity index (χ0v) is 16.1. The van der Waals surface area contributed by atoms with E-state index in [0.29, 0.717) is 0 Å². The predicted octanol–water partition coefficient (Wildman–Crippen LogP) is 3.46. The van der Waals surface area contributed by atoms with Gasteiger partial charge in [-0.2, -0.15) is 5.26 Å². The number of hydrogen-bond donors (Lipinski definition) is 0. The molecular formula is C23H25N3O2. The largest absolute Gasteiger partial charge is 0.468 e. The Labute approximate surface area is 165 Å². The van der Waals surface area contributed by atoms with E-state index in [-0.39, 0.29) is 11.3 Å². The number of rotatable bonds is 3. The molecule has 1 spiro atoms. The zero-order valence-electron chi connectivity index (χ0n) is 16.1. The summed E-state index contributed by atoms with van der Waals surface area (Å²) >= 11 is 0. The van der Waals surface area contributed by atoms with Crippen molar-refractivity contribution in [3.05, 3.63) is 59.5 Å². The van der Waals surface area contributed by atoms with Crippen LogP contribution in [0.3, 0.4) is 0 Å². The predicted molar refractivity (Wildman–Crippen MR) is 104 cm³/mol. The van der Waals surface area contributed by atoms with E-state index in [9.17, 15) is 10.1 Å². The molecule has 2 aliphatic heterocycles. The number of piperidine rings is 1. The monoisotopic (exact) mass is 375 g/mol. The van der Waals surface area contributed by atoms with Crippen molar-refractivity contribution in [3.8, 4) is 6.07 Å². The lowest BCUT2D eigenvalue weighted by Gasteiger charge is -2.49. The van der Waals surface area contributed by atoms with E-state index in [1.54, 1.807) is 6.26 Å². The molecule has 3 heterocycles.